The number of benzene rings is 1. The van der Waals surface area contributed by atoms with E-state index in [2.05, 4.69) is 13.0 Å². The minimum Gasteiger partial charge on any atom is -0.446 e. The van der Waals surface area contributed by atoms with Crippen LogP contribution < -0.4 is 15.1 Å². The molecule has 8 heteroatoms. The summed E-state index contributed by atoms with van der Waals surface area (Å²) in [7, 11) is -4.10. The Hall–Kier alpha value is -1.80. The molecule has 0 radical (unpaired) electrons. The Morgan fingerprint density at radius 3 is 2.48 bits per heavy atom. The summed E-state index contributed by atoms with van der Waals surface area (Å²) in [6, 6.07) is 4.04. The third kappa shape index (κ3) is 4.04. The molecule has 2 fully saturated rings. The number of carbonyl (C=O) groups excluding carboxylic acids is 1. The molecule has 1 aromatic rings. The van der Waals surface area contributed by atoms with E-state index in [1.165, 1.54) is 5.56 Å². The Balaban J connectivity index is 1.71. The van der Waals surface area contributed by atoms with E-state index in [1.807, 2.05) is 26.8 Å². The van der Waals surface area contributed by atoms with Gasteiger partial charge < -0.3 is 14.7 Å². The average Bonchev–Trinajstić information content (AvgIpc) is 2.94. The van der Waals surface area contributed by atoms with Crippen molar-refractivity contribution in [3.8, 4) is 5.75 Å². The minimum absolute atomic E-state index is 0.0305. The van der Waals surface area contributed by atoms with Gasteiger partial charge in [0.05, 0.1) is 0 Å². The maximum atomic E-state index is 11.7. The van der Waals surface area contributed by atoms with Gasteiger partial charge in [-0.25, -0.2) is 4.79 Å². The Labute approximate surface area is 185 Å². The fourth-order valence-electron chi connectivity index (χ4n) is 6.66. The van der Waals surface area contributed by atoms with Gasteiger partial charge >= 0.3 is 16.4 Å². The van der Waals surface area contributed by atoms with Gasteiger partial charge in [-0.15, -0.1) is 0 Å². The summed E-state index contributed by atoms with van der Waals surface area (Å²) in [5.41, 5.74) is 8.33. The van der Waals surface area contributed by atoms with Gasteiger partial charge in [0.25, 0.3) is 0 Å². The van der Waals surface area contributed by atoms with E-state index in [4.69, 9.17) is 19.8 Å². The van der Waals surface area contributed by atoms with Crippen molar-refractivity contribution in [2.45, 2.75) is 83.7 Å². The van der Waals surface area contributed by atoms with Crippen LogP contribution >= 0.6 is 0 Å². The quantitative estimate of drug-likeness (QED) is 0.723. The number of carbonyl (C=O) groups is 1. The van der Waals surface area contributed by atoms with Crippen LogP contribution in [0.25, 0.3) is 0 Å². The topological polar surface area (TPSA) is 122 Å². The maximum absolute atomic E-state index is 11.7. The second kappa shape index (κ2) is 7.37. The van der Waals surface area contributed by atoms with Gasteiger partial charge in [-0.1, -0.05) is 33.8 Å². The molecule has 1 amide bonds. The first-order valence-corrected chi connectivity index (χ1v) is 12.6. The lowest BCUT2D eigenvalue weighted by atomic mass is 9.55. The average molecular weight is 451 g/mol. The van der Waals surface area contributed by atoms with Gasteiger partial charge in [-0.05, 0) is 78.9 Å². The zero-order valence-corrected chi connectivity index (χ0v) is 19.6. The molecular weight excluding hydrogens is 416 g/mol. The molecule has 31 heavy (non-hydrogen) atoms. The summed E-state index contributed by atoms with van der Waals surface area (Å²) in [5, 5.41) is 5.19. The Bertz CT molecular complexity index is 1000. The molecule has 0 unspecified atom stereocenters. The monoisotopic (exact) mass is 450 g/mol. The lowest BCUT2D eigenvalue weighted by Crippen LogP contribution is -2.45. The van der Waals surface area contributed by atoms with Crippen LogP contribution in [0, 0.1) is 17.3 Å². The predicted molar refractivity (Wildman–Crippen MR) is 118 cm³/mol. The van der Waals surface area contributed by atoms with Crippen molar-refractivity contribution in [3.63, 3.8) is 0 Å². The SMILES string of the molecule is CC(C)(C)c1cc2c(cc1OS(N)(=O)=O)CC[C@@H]1[C@@H]2CC[C@]2(C)[C@@H](OC(N)=O)CC[C@@H]12. The van der Waals surface area contributed by atoms with Crippen LogP contribution in [0.4, 0.5) is 4.79 Å². The fourth-order valence-corrected chi connectivity index (χ4v) is 7.05. The number of rotatable bonds is 3. The van der Waals surface area contributed by atoms with Crippen molar-refractivity contribution in [1.82, 2.24) is 0 Å². The normalized spacial score (nSPS) is 32.5. The second-order valence-electron chi connectivity index (χ2n) is 10.8. The summed E-state index contributed by atoms with van der Waals surface area (Å²) < 4.78 is 34.0. The van der Waals surface area contributed by atoms with Crippen molar-refractivity contribution >= 4 is 16.4 Å². The summed E-state index contributed by atoms with van der Waals surface area (Å²) in [6.45, 7) is 8.40. The van der Waals surface area contributed by atoms with E-state index in [9.17, 15) is 13.2 Å². The van der Waals surface area contributed by atoms with E-state index < -0.39 is 16.4 Å². The van der Waals surface area contributed by atoms with Gasteiger partial charge in [-0.3, -0.25) is 0 Å². The van der Waals surface area contributed by atoms with Gasteiger partial charge in [0, 0.05) is 11.0 Å². The fraction of sp³-hybridized carbons (Fsp3) is 0.696. The number of hydrogen-bond donors (Lipinski definition) is 2. The Kier molecular flexibility index (Phi) is 5.33. The highest BCUT2D eigenvalue weighted by atomic mass is 32.2. The van der Waals surface area contributed by atoms with Crippen LogP contribution in [0.15, 0.2) is 12.1 Å². The first kappa shape index (κ1) is 22.4. The molecule has 0 saturated heterocycles. The number of nitrogens with two attached hydrogens (primary N) is 2. The number of hydrogen-bond acceptors (Lipinski definition) is 5. The molecule has 7 nitrogen and oxygen atoms in total. The third-order valence-electron chi connectivity index (χ3n) is 8.01. The minimum atomic E-state index is -4.10. The number of primary amides is 1. The van der Waals surface area contributed by atoms with E-state index in [0.717, 1.165) is 49.7 Å². The lowest BCUT2D eigenvalue weighted by molar-refractivity contribution is -0.0291. The Morgan fingerprint density at radius 2 is 1.87 bits per heavy atom. The molecule has 0 heterocycles. The van der Waals surface area contributed by atoms with Crippen LogP contribution in [0.5, 0.6) is 5.75 Å². The lowest BCUT2D eigenvalue weighted by Gasteiger charge is -2.50. The summed E-state index contributed by atoms with van der Waals surface area (Å²) in [6.07, 6.45) is 5.03. The molecule has 1 aromatic carbocycles. The molecule has 2 saturated carbocycles. The van der Waals surface area contributed by atoms with Crippen LogP contribution in [0.1, 0.15) is 82.4 Å². The molecule has 4 rings (SSSR count). The Morgan fingerprint density at radius 1 is 1.16 bits per heavy atom. The van der Waals surface area contributed by atoms with Crippen LogP contribution in [-0.2, 0) is 26.9 Å². The van der Waals surface area contributed by atoms with Gasteiger partial charge in [0.2, 0.25) is 0 Å². The van der Waals surface area contributed by atoms with Gasteiger partial charge in [0.15, 0.2) is 0 Å². The van der Waals surface area contributed by atoms with Gasteiger partial charge in [0.1, 0.15) is 11.9 Å². The number of fused-ring (bicyclic) bond motifs is 5. The van der Waals surface area contributed by atoms with Crippen molar-refractivity contribution < 1.29 is 22.1 Å². The van der Waals surface area contributed by atoms with Gasteiger partial charge in [-0.2, -0.15) is 13.6 Å². The zero-order valence-electron chi connectivity index (χ0n) is 18.8. The molecule has 5 atom stereocenters. The third-order valence-corrected chi connectivity index (χ3v) is 8.42. The van der Waals surface area contributed by atoms with Crippen molar-refractivity contribution in [3.05, 3.63) is 28.8 Å². The smallest absolute Gasteiger partial charge is 0.404 e. The molecular formula is C23H34N2O5S. The molecule has 3 aliphatic rings. The van der Waals surface area contributed by atoms with E-state index in [-0.39, 0.29) is 16.9 Å². The highest BCUT2D eigenvalue weighted by molar-refractivity contribution is 7.84. The molecule has 0 spiro atoms. The van der Waals surface area contributed by atoms with Crippen molar-refractivity contribution in [2.24, 2.45) is 28.1 Å². The van der Waals surface area contributed by atoms with Crippen molar-refractivity contribution in [2.75, 3.05) is 0 Å². The predicted octanol–water partition coefficient (Wildman–Crippen LogP) is 3.89. The molecule has 0 bridgehead atoms. The number of amides is 1. The first-order chi connectivity index (χ1) is 14.3. The highest BCUT2D eigenvalue weighted by Crippen LogP contribution is 2.62. The van der Waals surface area contributed by atoms with E-state index in [1.54, 1.807) is 0 Å². The summed E-state index contributed by atoms with van der Waals surface area (Å²) in [4.78, 5) is 11.4. The maximum Gasteiger partial charge on any atom is 0.404 e. The van der Waals surface area contributed by atoms with Crippen LogP contribution in [-0.4, -0.2) is 20.6 Å². The molecule has 0 aromatic heterocycles. The van der Waals surface area contributed by atoms with Crippen molar-refractivity contribution in [1.29, 1.82) is 0 Å². The zero-order chi connectivity index (χ0) is 22.8. The molecule has 4 N–H and O–H groups in total. The van der Waals surface area contributed by atoms with Crippen LogP contribution in [0.2, 0.25) is 0 Å². The second-order valence-corrected chi connectivity index (χ2v) is 12.0. The summed E-state index contributed by atoms with van der Waals surface area (Å²) in [5.74, 6) is 1.76. The van der Waals surface area contributed by atoms with Crippen LogP contribution in [0.3, 0.4) is 0 Å². The molecule has 3 aliphatic carbocycles. The standard InChI is InChI=1S/C23H34N2O5S/c1-22(2,3)18-12-16-13(11-19(18)30-31(25,27)28)5-6-15-14(16)9-10-23(4)17(15)7-8-20(23)29-21(24)26/h11-12,14-15,17,20H,5-10H2,1-4H3,(H2,24,26)(H2,25,27,28)/t14-,15+,17-,20-,23-/m0/s1. The van der Waals surface area contributed by atoms with E-state index >= 15 is 0 Å². The number of ether oxygens (including phenoxy) is 1. The number of aryl methyl sites for hydroxylation is 1. The first-order valence-electron chi connectivity index (χ1n) is 11.1. The largest absolute Gasteiger partial charge is 0.446 e. The molecule has 0 aliphatic heterocycles. The molecule has 172 valence electrons. The van der Waals surface area contributed by atoms with E-state index in [0.29, 0.717) is 23.5 Å². The summed E-state index contributed by atoms with van der Waals surface area (Å²) >= 11 is 0. The highest BCUT2D eigenvalue weighted by Gasteiger charge is 2.56.